The van der Waals surface area contributed by atoms with Gasteiger partial charge in [0.25, 0.3) is 0 Å². The fraction of sp³-hybridized carbons (Fsp3) is 0.700. The monoisotopic (exact) mass is 198 g/mol. The van der Waals surface area contributed by atoms with E-state index in [1.165, 1.54) is 0 Å². The van der Waals surface area contributed by atoms with Gasteiger partial charge in [0, 0.05) is 12.6 Å². The maximum atomic E-state index is 5.24. The molecule has 80 valence electrons. The van der Waals surface area contributed by atoms with Crippen LogP contribution in [0.25, 0.3) is 0 Å². The van der Waals surface area contributed by atoms with E-state index in [1.807, 2.05) is 6.92 Å². The minimum Gasteiger partial charge on any atom is -0.450 e. The van der Waals surface area contributed by atoms with Crippen LogP contribution in [0.2, 0.25) is 0 Å². The zero-order valence-electron chi connectivity index (χ0n) is 9.04. The van der Waals surface area contributed by atoms with Gasteiger partial charge in [-0.3, -0.25) is 0 Å². The molecular formula is C10H18N2O2. The van der Waals surface area contributed by atoms with E-state index in [0.29, 0.717) is 18.7 Å². The number of hydrogen-bond donors (Lipinski definition) is 1. The normalized spacial score (nSPS) is 10.9. The molecule has 1 rings (SSSR count). The van der Waals surface area contributed by atoms with Crippen molar-refractivity contribution >= 4 is 0 Å². The van der Waals surface area contributed by atoms with E-state index in [1.54, 1.807) is 6.26 Å². The molecule has 4 heteroatoms. The molecule has 1 aromatic rings. The van der Waals surface area contributed by atoms with Crippen molar-refractivity contribution < 1.29 is 9.15 Å². The third kappa shape index (κ3) is 3.79. The molecule has 0 aliphatic carbocycles. The second kappa shape index (κ2) is 5.65. The van der Waals surface area contributed by atoms with E-state index in [2.05, 4.69) is 24.1 Å². The average Bonchev–Trinajstić information content (AvgIpc) is 2.59. The Morgan fingerprint density at radius 2 is 2.36 bits per heavy atom. The minimum atomic E-state index is 0.368. The maximum absolute atomic E-state index is 5.24. The van der Waals surface area contributed by atoms with Crippen molar-refractivity contribution in [1.29, 1.82) is 0 Å². The van der Waals surface area contributed by atoms with E-state index in [0.717, 1.165) is 18.7 Å². The molecule has 1 heterocycles. The summed E-state index contributed by atoms with van der Waals surface area (Å²) in [5.74, 6) is 0. The molecule has 4 nitrogen and oxygen atoms in total. The van der Waals surface area contributed by atoms with Crippen LogP contribution in [0.5, 0.6) is 6.08 Å². The van der Waals surface area contributed by atoms with Crippen LogP contribution < -0.4 is 10.1 Å². The van der Waals surface area contributed by atoms with Crippen LogP contribution in [-0.4, -0.2) is 17.6 Å². The number of aromatic nitrogens is 1. The molecule has 0 radical (unpaired) electrons. The topological polar surface area (TPSA) is 47.3 Å². The summed E-state index contributed by atoms with van der Waals surface area (Å²) in [5.41, 5.74) is 0.879. The molecule has 0 aliphatic rings. The molecule has 0 aromatic carbocycles. The van der Waals surface area contributed by atoms with Gasteiger partial charge in [-0.15, -0.1) is 0 Å². The first-order valence-corrected chi connectivity index (χ1v) is 5.03. The van der Waals surface area contributed by atoms with Crippen molar-refractivity contribution in [3.05, 3.63) is 12.0 Å². The second-order valence-electron chi connectivity index (χ2n) is 3.49. The average molecular weight is 198 g/mol. The highest BCUT2D eigenvalue weighted by molar-refractivity contribution is 4.99. The zero-order valence-corrected chi connectivity index (χ0v) is 9.04. The smallest absolute Gasteiger partial charge is 0.393 e. The first-order chi connectivity index (χ1) is 6.72. The standard InChI is InChI=1S/C10H18N2O2/c1-4-5-13-10-12-9(7-14-10)6-11-8(2)3/h7-8,11H,4-6H2,1-3H3. The van der Waals surface area contributed by atoms with Gasteiger partial charge in [0.05, 0.1) is 12.3 Å². The summed E-state index contributed by atoms with van der Waals surface area (Å²) in [6.07, 6.45) is 2.95. The molecule has 0 atom stereocenters. The summed E-state index contributed by atoms with van der Waals surface area (Å²) in [6.45, 7) is 7.60. The molecule has 0 amide bonds. The summed E-state index contributed by atoms with van der Waals surface area (Å²) in [7, 11) is 0. The lowest BCUT2D eigenvalue weighted by molar-refractivity contribution is 0.230. The predicted octanol–water partition coefficient (Wildman–Crippen LogP) is 1.96. The van der Waals surface area contributed by atoms with Gasteiger partial charge in [-0.25, -0.2) is 0 Å². The highest BCUT2D eigenvalue weighted by Crippen LogP contribution is 2.10. The summed E-state index contributed by atoms with van der Waals surface area (Å²) >= 11 is 0. The van der Waals surface area contributed by atoms with Gasteiger partial charge >= 0.3 is 6.08 Å². The van der Waals surface area contributed by atoms with E-state index >= 15 is 0 Å². The van der Waals surface area contributed by atoms with Crippen LogP contribution in [0.4, 0.5) is 0 Å². The lowest BCUT2D eigenvalue weighted by Crippen LogP contribution is -2.21. The Bertz CT molecular complexity index is 258. The third-order valence-corrected chi connectivity index (χ3v) is 1.65. The highest BCUT2D eigenvalue weighted by atomic mass is 16.6. The van der Waals surface area contributed by atoms with E-state index in [-0.39, 0.29) is 0 Å². The van der Waals surface area contributed by atoms with Gasteiger partial charge in [-0.1, -0.05) is 20.8 Å². The Labute approximate surface area is 84.7 Å². The molecule has 0 fully saturated rings. The van der Waals surface area contributed by atoms with Gasteiger partial charge in [0.1, 0.15) is 6.26 Å². The Morgan fingerprint density at radius 3 is 3.00 bits per heavy atom. The third-order valence-electron chi connectivity index (χ3n) is 1.65. The quantitative estimate of drug-likeness (QED) is 0.759. The Morgan fingerprint density at radius 1 is 1.57 bits per heavy atom. The van der Waals surface area contributed by atoms with Crippen molar-refractivity contribution in [3.63, 3.8) is 0 Å². The SMILES string of the molecule is CCCOc1nc(CNC(C)C)co1. The summed E-state index contributed by atoms with van der Waals surface area (Å²) in [6, 6.07) is 0.451. The number of nitrogens with zero attached hydrogens (tertiary/aromatic N) is 1. The predicted molar refractivity (Wildman–Crippen MR) is 54.3 cm³/mol. The fourth-order valence-electron chi connectivity index (χ4n) is 0.934. The first-order valence-electron chi connectivity index (χ1n) is 5.03. The lowest BCUT2D eigenvalue weighted by atomic mass is 10.4. The summed E-state index contributed by atoms with van der Waals surface area (Å²) < 4.78 is 10.4. The minimum absolute atomic E-state index is 0.368. The Hall–Kier alpha value is -1.03. The molecule has 14 heavy (non-hydrogen) atoms. The molecule has 0 aliphatic heterocycles. The van der Waals surface area contributed by atoms with E-state index < -0.39 is 0 Å². The molecule has 1 N–H and O–H groups in total. The van der Waals surface area contributed by atoms with Crippen LogP contribution in [0.3, 0.4) is 0 Å². The summed E-state index contributed by atoms with van der Waals surface area (Å²) in [5, 5.41) is 3.25. The fourth-order valence-corrected chi connectivity index (χ4v) is 0.934. The van der Waals surface area contributed by atoms with E-state index in [9.17, 15) is 0 Å². The first kappa shape index (κ1) is 11.0. The highest BCUT2D eigenvalue weighted by Gasteiger charge is 2.04. The Kier molecular flexibility index (Phi) is 4.46. The van der Waals surface area contributed by atoms with Crippen molar-refractivity contribution in [2.45, 2.75) is 39.8 Å². The molecule has 0 bridgehead atoms. The van der Waals surface area contributed by atoms with Crippen LogP contribution >= 0.6 is 0 Å². The largest absolute Gasteiger partial charge is 0.450 e. The van der Waals surface area contributed by atoms with Crippen molar-refractivity contribution in [3.8, 4) is 6.08 Å². The lowest BCUT2D eigenvalue weighted by Gasteiger charge is -2.03. The van der Waals surface area contributed by atoms with Gasteiger partial charge in [-0.2, -0.15) is 4.98 Å². The van der Waals surface area contributed by atoms with Gasteiger partial charge in [0.15, 0.2) is 0 Å². The number of rotatable bonds is 6. The van der Waals surface area contributed by atoms with Crippen molar-refractivity contribution in [1.82, 2.24) is 10.3 Å². The number of nitrogens with one attached hydrogen (secondary N) is 1. The van der Waals surface area contributed by atoms with E-state index in [4.69, 9.17) is 9.15 Å². The molecule has 0 spiro atoms. The Balaban J connectivity index is 2.35. The molecule has 0 unspecified atom stereocenters. The molecule has 1 aromatic heterocycles. The van der Waals surface area contributed by atoms with Crippen LogP contribution in [-0.2, 0) is 6.54 Å². The second-order valence-corrected chi connectivity index (χ2v) is 3.49. The molecule has 0 saturated carbocycles. The van der Waals surface area contributed by atoms with Crippen LogP contribution in [0.1, 0.15) is 32.9 Å². The van der Waals surface area contributed by atoms with Gasteiger partial charge in [-0.05, 0) is 6.42 Å². The molecule has 0 saturated heterocycles. The number of hydrogen-bond acceptors (Lipinski definition) is 4. The van der Waals surface area contributed by atoms with Crippen LogP contribution in [0.15, 0.2) is 10.7 Å². The maximum Gasteiger partial charge on any atom is 0.393 e. The summed E-state index contributed by atoms with van der Waals surface area (Å²) in [4.78, 5) is 4.17. The van der Waals surface area contributed by atoms with Crippen molar-refractivity contribution in [2.75, 3.05) is 6.61 Å². The number of ether oxygens (including phenoxy) is 1. The number of oxazole rings is 1. The van der Waals surface area contributed by atoms with Crippen molar-refractivity contribution in [2.24, 2.45) is 0 Å². The molecular weight excluding hydrogens is 180 g/mol. The van der Waals surface area contributed by atoms with Gasteiger partial charge in [0.2, 0.25) is 0 Å². The van der Waals surface area contributed by atoms with Crippen LogP contribution in [0, 0.1) is 0 Å². The van der Waals surface area contributed by atoms with Gasteiger partial charge < -0.3 is 14.5 Å². The zero-order chi connectivity index (χ0) is 10.4.